The van der Waals surface area contributed by atoms with Crippen molar-refractivity contribution in [2.75, 3.05) is 19.8 Å². The van der Waals surface area contributed by atoms with E-state index in [1.165, 1.54) is 18.7 Å². The third kappa shape index (κ3) is 5.72. The number of carbonyl (C=O) groups excluding carboxylic acids is 1. The number of likely N-dealkylation sites (N-methyl/N-ethyl adjacent to an activating group) is 1. The molecule has 0 aromatic heterocycles. The Kier molecular flexibility index (Phi) is 10.5. The number of aliphatic hydroxyl groups excluding tert-OH is 4. The van der Waals surface area contributed by atoms with Crippen molar-refractivity contribution >= 4 is 30.1 Å². The van der Waals surface area contributed by atoms with Crippen molar-refractivity contribution < 1.29 is 30.0 Å². The van der Waals surface area contributed by atoms with Gasteiger partial charge in [-0.3, -0.25) is 9.69 Å². The molecule has 0 radical (unpaired) electrons. The molecule has 2 aliphatic rings. The zero-order chi connectivity index (χ0) is 20.3. The molecule has 8 nitrogen and oxygen atoms in total. The fourth-order valence-corrected chi connectivity index (χ4v) is 4.81. The average molecular weight is 443 g/mol. The molecule has 0 aromatic rings. The first-order valence-electron chi connectivity index (χ1n) is 9.62. The Bertz CT molecular complexity index is 501. The van der Waals surface area contributed by atoms with Crippen LogP contribution in [-0.2, 0) is 9.53 Å². The lowest BCUT2D eigenvalue weighted by atomic mass is 9.92. The fourth-order valence-electron chi connectivity index (χ4n) is 4.13. The fraction of sp³-hybridized carbons (Fsp3) is 0.944. The Labute approximate surface area is 177 Å². The van der Waals surface area contributed by atoms with E-state index < -0.39 is 42.0 Å². The smallest absolute Gasteiger partial charge is 0.237 e. The average Bonchev–Trinajstić information content (AvgIpc) is 2.99. The number of hydrogen-bond acceptors (Lipinski definition) is 8. The van der Waals surface area contributed by atoms with E-state index in [0.717, 1.165) is 25.8 Å². The number of hydrogen-bond donors (Lipinski definition) is 5. The van der Waals surface area contributed by atoms with Gasteiger partial charge >= 0.3 is 0 Å². The van der Waals surface area contributed by atoms with Crippen LogP contribution < -0.4 is 5.32 Å². The molecule has 0 unspecified atom stereocenters. The second-order valence-corrected chi connectivity index (χ2v) is 8.73. The molecule has 0 spiro atoms. The number of likely N-dealkylation sites (tertiary alicyclic amines) is 1. The van der Waals surface area contributed by atoms with Crippen molar-refractivity contribution in [2.45, 2.75) is 81.1 Å². The molecule has 166 valence electrons. The van der Waals surface area contributed by atoms with Crippen LogP contribution in [0.3, 0.4) is 0 Å². The summed E-state index contributed by atoms with van der Waals surface area (Å²) in [5.41, 5.74) is -0.755. The molecule has 2 fully saturated rings. The number of thioether (sulfide) groups is 1. The van der Waals surface area contributed by atoms with Crippen LogP contribution in [0.15, 0.2) is 0 Å². The van der Waals surface area contributed by atoms with E-state index in [-0.39, 0.29) is 24.4 Å². The molecule has 0 bridgehead atoms. The summed E-state index contributed by atoms with van der Waals surface area (Å²) in [5, 5.41) is 43.5. The van der Waals surface area contributed by atoms with Gasteiger partial charge in [0.25, 0.3) is 0 Å². The topological polar surface area (TPSA) is 122 Å². The molecule has 28 heavy (non-hydrogen) atoms. The van der Waals surface area contributed by atoms with Crippen LogP contribution in [0.25, 0.3) is 0 Å². The first-order valence-corrected chi connectivity index (χ1v) is 10.9. The van der Waals surface area contributed by atoms with Gasteiger partial charge in [0.2, 0.25) is 5.91 Å². The summed E-state index contributed by atoms with van der Waals surface area (Å²) < 4.78 is 5.72. The van der Waals surface area contributed by atoms with Crippen molar-refractivity contribution in [3.05, 3.63) is 0 Å². The third-order valence-corrected chi connectivity index (χ3v) is 6.51. The zero-order valence-corrected chi connectivity index (χ0v) is 18.5. The van der Waals surface area contributed by atoms with Crippen LogP contribution in [0.4, 0.5) is 0 Å². The summed E-state index contributed by atoms with van der Waals surface area (Å²) in [4.78, 5) is 14.9. The predicted octanol–water partition coefficient (Wildman–Crippen LogP) is -0.435. The molecule has 2 rings (SSSR count). The lowest BCUT2D eigenvalue weighted by Crippen LogP contribution is -2.65. The van der Waals surface area contributed by atoms with Gasteiger partial charge in [-0.2, -0.15) is 0 Å². The molecule has 0 aliphatic carbocycles. The minimum absolute atomic E-state index is 0. The van der Waals surface area contributed by atoms with Crippen LogP contribution >= 0.6 is 24.2 Å². The number of amides is 1. The Balaban J connectivity index is 0.00000392. The summed E-state index contributed by atoms with van der Waals surface area (Å²) in [6.07, 6.45) is -1.50. The summed E-state index contributed by atoms with van der Waals surface area (Å²) in [6.45, 7) is 4.48. The normalized spacial score (nSPS) is 38.5. The number of aliphatic hydroxyl groups is 4. The van der Waals surface area contributed by atoms with Gasteiger partial charge < -0.3 is 30.5 Å². The molecule has 2 heterocycles. The molecular weight excluding hydrogens is 408 g/mol. The standard InChI is InChI=1S/C18H34N2O6S.ClH/c1-5-6-10-7-11(20(3)8-10)17(25)19-12(9(2)21)16-14(23)13(22)15(24)18(26-16)27-4;/h9-16,18,21-24H,5-8H2,1-4H3,(H,19,25);1H/t9-,10+,11-,12-,13-,14+,15+,16+,18+;/m0./s1. The third-order valence-electron chi connectivity index (χ3n) is 5.66. The lowest BCUT2D eigenvalue weighted by Gasteiger charge is -2.44. The molecule has 2 saturated heterocycles. The van der Waals surface area contributed by atoms with Gasteiger partial charge in [-0.15, -0.1) is 24.2 Å². The van der Waals surface area contributed by atoms with Crippen molar-refractivity contribution in [1.29, 1.82) is 0 Å². The molecular formula is C18H35ClN2O6S. The highest BCUT2D eigenvalue weighted by Crippen LogP contribution is 2.30. The van der Waals surface area contributed by atoms with Crippen LogP contribution in [0.5, 0.6) is 0 Å². The van der Waals surface area contributed by atoms with E-state index in [9.17, 15) is 25.2 Å². The van der Waals surface area contributed by atoms with Crippen LogP contribution in [-0.4, -0.2) is 99.1 Å². The second kappa shape index (κ2) is 11.3. The van der Waals surface area contributed by atoms with E-state index in [1.54, 1.807) is 6.26 Å². The maximum absolute atomic E-state index is 12.8. The molecule has 10 heteroatoms. The van der Waals surface area contributed by atoms with Crippen LogP contribution in [0.1, 0.15) is 33.1 Å². The number of carbonyl (C=O) groups is 1. The minimum Gasteiger partial charge on any atom is -0.391 e. The zero-order valence-electron chi connectivity index (χ0n) is 16.9. The highest BCUT2D eigenvalue weighted by atomic mass is 35.5. The molecule has 0 aromatic carbocycles. The van der Waals surface area contributed by atoms with Gasteiger partial charge in [0.05, 0.1) is 18.2 Å². The summed E-state index contributed by atoms with van der Waals surface area (Å²) >= 11 is 1.20. The Morgan fingerprint density at radius 2 is 1.93 bits per heavy atom. The van der Waals surface area contributed by atoms with Crippen molar-refractivity contribution in [1.82, 2.24) is 10.2 Å². The number of nitrogens with zero attached hydrogens (tertiary/aromatic N) is 1. The molecule has 1 amide bonds. The first kappa shape index (κ1) is 25.9. The SMILES string of the molecule is CCC[C@@H]1C[C@@H](C(=O)N[C@H]([C@H]2O[C@H](SC)[C@H](O)[C@@H](O)[C@H]2O)[C@H](C)O)N(C)C1.Cl. The summed E-state index contributed by atoms with van der Waals surface area (Å²) in [6, 6.07) is -1.20. The van der Waals surface area contributed by atoms with Gasteiger partial charge in [-0.25, -0.2) is 0 Å². The van der Waals surface area contributed by atoms with Gasteiger partial charge in [-0.1, -0.05) is 13.3 Å². The Morgan fingerprint density at radius 3 is 2.46 bits per heavy atom. The van der Waals surface area contributed by atoms with Crippen LogP contribution in [0.2, 0.25) is 0 Å². The van der Waals surface area contributed by atoms with Crippen LogP contribution in [0, 0.1) is 5.92 Å². The highest BCUT2D eigenvalue weighted by molar-refractivity contribution is 7.99. The monoisotopic (exact) mass is 442 g/mol. The van der Waals surface area contributed by atoms with E-state index in [0.29, 0.717) is 5.92 Å². The predicted molar refractivity (Wildman–Crippen MR) is 110 cm³/mol. The van der Waals surface area contributed by atoms with Gasteiger partial charge in [0, 0.05) is 6.54 Å². The lowest BCUT2D eigenvalue weighted by molar-refractivity contribution is -0.211. The quantitative estimate of drug-likeness (QED) is 0.360. The molecule has 2 aliphatic heterocycles. The van der Waals surface area contributed by atoms with E-state index in [1.807, 2.05) is 11.9 Å². The van der Waals surface area contributed by atoms with Gasteiger partial charge in [0.15, 0.2) is 0 Å². The van der Waals surface area contributed by atoms with Crippen molar-refractivity contribution in [3.8, 4) is 0 Å². The maximum Gasteiger partial charge on any atom is 0.237 e. The van der Waals surface area contributed by atoms with Gasteiger partial charge in [-0.05, 0) is 39.0 Å². The Hall–Kier alpha value is -0.130. The minimum atomic E-state index is -1.42. The first-order chi connectivity index (χ1) is 12.7. The molecule has 5 N–H and O–H groups in total. The summed E-state index contributed by atoms with van der Waals surface area (Å²) in [5.74, 6) is 0.245. The number of ether oxygens (including phenoxy) is 1. The highest BCUT2D eigenvalue weighted by Gasteiger charge is 2.48. The van der Waals surface area contributed by atoms with Crippen molar-refractivity contribution in [3.63, 3.8) is 0 Å². The number of halogens is 1. The maximum atomic E-state index is 12.8. The molecule has 0 saturated carbocycles. The van der Waals surface area contributed by atoms with Crippen molar-refractivity contribution in [2.24, 2.45) is 5.92 Å². The number of nitrogens with one attached hydrogen (secondary N) is 1. The van der Waals surface area contributed by atoms with E-state index in [4.69, 9.17) is 4.74 Å². The van der Waals surface area contributed by atoms with Gasteiger partial charge in [0.1, 0.15) is 29.9 Å². The summed E-state index contributed by atoms with van der Waals surface area (Å²) in [7, 11) is 1.91. The molecule has 9 atom stereocenters. The van der Waals surface area contributed by atoms with E-state index in [2.05, 4.69) is 12.2 Å². The number of rotatable bonds is 7. The largest absolute Gasteiger partial charge is 0.391 e. The second-order valence-electron chi connectivity index (χ2n) is 7.80. The Morgan fingerprint density at radius 1 is 1.29 bits per heavy atom. The van der Waals surface area contributed by atoms with E-state index >= 15 is 0 Å².